The Hall–Kier alpha value is -7.48. The predicted molar refractivity (Wildman–Crippen MR) is 286 cm³/mol. The molecular formula is C57H30F9IrN6OS3. The van der Waals surface area contributed by atoms with Crippen LogP contribution < -0.4 is 4.74 Å². The van der Waals surface area contributed by atoms with E-state index in [0.717, 1.165) is 47.8 Å². The van der Waals surface area contributed by atoms with Crippen LogP contribution in [0.25, 0.3) is 95.1 Å². The number of halogens is 9. The molecule has 384 valence electrons. The first-order chi connectivity index (χ1) is 36.2. The van der Waals surface area contributed by atoms with Crippen molar-refractivity contribution in [1.82, 2.24) is 30.6 Å². The molecule has 0 saturated heterocycles. The zero-order chi connectivity index (χ0) is 53.7. The van der Waals surface area contributed by atoms with Crippen LogP contribution in [0.3, 0.4) is 0 Å². The number of ether oxygens (including phenoxy) is 1. The molecule has 77 heavy (non-hydrogen) atoms. The van der Waals surface area contributed by atoms with Crippen molar-refractivity contribution in [1.29, 1.82) is 0 Å². The smallest absolute Gasteiger partial charge is 0.437 e. The molecule has 12 aromatic rings. The predicted octanol–water partition coefficient (Wildman–Crippen LogP) is 17.3. The monoisotopic (exact) mass is 1270 g/mol. The number of aromatic nitrogens is 6. The van der Waals surface area contributed by atoms with E-state index in [4.69, 9.17) is 17.9 Å². The summed E-state index contributed by atoms with van der Waals surface area (Å²) in [6.45, 7) is 11.4. The Morgan fingerprint density at radius 3 is 1.32 bits per heavy atom. The minimum Gasteiger partial charge on any atom is -0.437 e. The van der Waals surface area contributed by atoms with Crippen molar-refractivity contribution >= 4 is 121 Å². The Morgan fingerprint density at radius 1 is 0.481 bits per heavy atom. The maximum atomic E-state index is 13.7. The molecule has 0 aliphatic rings. The van der Waals surface area contributed by atoms with Gasteiger partial charge in [0, 0.05) is 11.1 Å². The average molecular weight is 1270 g/mol. The van der Waals surface area contributed by atoms with Crippen LogP contribution in [0.5, 0.6) is 11.6 Å². The van der Waals surface area contributed by atoms with Gasteiger partial charge in [0.05, 0.1) is 29.1 Å². The first-order valence-electron chi connectivity index (χ1n) is 22.3. The molecule has 0 N–H and O–H groups in total. The summed E-state index contributed by atoms with van der Waals surface area (Å²) in [4.78, 5) is 1.33. The molecule has 7 nitrogen and oxygen atoms in total. The summed E-state index contributed by atoms with van der Waals surface area (Å²) >= 11 is 9.64. The van der Waals surface area contributed by atoms with Gasteiger partial charge in [-0.25, -0.2) is 21.5 Å². The zero-order valence-electron chi connectivity index (χ0n) is 38.8. The Balaban J connectivity index is 0.000000168. The van der Waals surface area contributed by atoms with Crippen LogP contribution in [0.1, 0.15) is 28.1 Å². The van der Waals surface area contributed by atoms with Crippen molar-refractivity contribution in [3.8, 4) is 22.2 Å². The summed E-state index contributed by atoms with van der Waals surface area (Å²) in [7, 11) is 0. The third-order valence-corrected chi connectivity index (χ3v) is 13.4. The Labute approximate surface area is 459 Å². The summed E-state index contributed by atoms with van der Waals surface area (Å²) in [5, 5.41) is 35.4. The SMILES string of the molecule is FC(F)(F)c1cc(Oc2nnc(-c3[c-]c4ccccc4s3)c3cc4ccccc4cc23)cc(C(F)(F)F)c1C(F)(F)F.[CH-]=C(S)c1nncc2cc3ccccc3cc12.[CH-]=C(S)c1nncc2cc3ccccc3cc12.[Ir+3]. The second-order valence-electron chi connectivity index (χ2n) is 16.9. The van der Waals surface area contributed by atoms with Crippen molar-refractivity contribution in [3.05, 3.63) is 205 Å². The number of thiophene rings is 1. The topological polar surface area (TPSA) is 86.6 Å². The van der Waals surface area contributed by atoms with Gasteiger partial charge in [-0.3, -0.25) is 13.2 Å². The van der Waals surface area contributed by atoms with E-state index in [-0.39, 0.29) is 37.6 Å². The standard InChI is InChI=1S/C29H12F9N2OS.2C14H9N2S.Ir/c30-27(31,32)20-12-17(13-21(28(33,34)35)24(20)29(36,37)38)41-26-19-10-15-6-2-1-5-14(15)9-18(19)25(39-40-26)23-11-16-7-3-4-8-22(16)42-23;2*1-9(17)14-13-7-11-5-3-2-4-10(11)6-12(13)8-15-16-14;/h1-10,12-13H;2*1-8,17H;/q3*-1;+3. The van der Waals surface area contributed by atoms with Crippen LogP contribution in [0.2, 0.25) is 0 Å². The van der Waals surface area contributed by atoms with Crippen LogP contribution in [0.15, 0.2) is 158 Å². The average Bonchev–Trinajstić information content (AvgIpc) is 3.85. The molecule has 0 aliphatic heterocycles. The molecular weight excluding hydrogens is 1240 g/mol. The van der Waals surface area contributed by atoms with Crippen molar-refractivity contribution in [2.45, 2.75) is 18.5 Å². The molecule has 0 amide bonds. The maximum absolute atomic E-state index is 13.7. The largest absolute Gasteiger partial charge is 3.00 e. The Kier molecular flexibility index (Phi) is 15.2. The number of alkyl halides is 9. The van der Waals surface area contributed by atoms with E-state index in [1.54, 1.807) is 48.8 Å². The molecule has 4 aromatic heterocycles. The number of benzene rings is 8. The fourth-order valence-electron chi connectivity index (χ4n) is 8.55. The molecule has 0 fully saturated rings. The molecule has 0 unspecified atom stereocenters. The number of nitrogens with zero attached hydrogens (tertiary/aromatic N) is 6. The van der Waals surface area contributed by atoms with Gasteiger partial charge in [0.1, 0.15) is 5.75 Å². The minimum atomic E-state index is -5.96. The number of rotatable bonds is 5. The Bertz CT molecular complexity index is 4090. The van der Waals surface area contributed by atoms with E-state index in [0.29, 0.717) is 42.5 Å². The van der Waals surface area contributed by atoms with Gasteiger partial charge < -0.3 is 4.74 Å². The fraction of sp³-hybridized carbons (Fsp3) is 0.0526. The van der Waals surface area contributed by atoms with E-state index in [2.05, 4.69) is 110 Å². The van der Waals surface area contributed by atoms with Gasteiger partial charge in [-0.2, -0.15) is 80.1 Å². The van der Waals surface area contributed by atoms with Gasteiger partial charge in [0.25, 0.3) is 0 Å². The van der Waals surface area contributed by atoms with Gasteiger partial charge in [0.15, 0.2) is 0 Å². The molecule has 0 bridgehead atoms. The van der Waals surface area contributed by atoms with Crippen molar-refractivity contribution in [3.63, 3.8) is 0 Å². The quantitative estimate of drug-likeness (QED) is 0.0768. The molecule has 4 heterocycles. The Morgan fingerprint density at radius 2 is 0.896 bits per heavy atom. The van der Waals surface area contributed by atoms with Crippen molar-refractivity contribution < 1.29 is 64.4 Å². The summed E-state index contributed by atoms with van der Waals surface area (Å²) in [5.74, 6) is -1.64. The minimum absolute atomic E-state index is 0. The van der Waals surface area contributed by atoms with Gasteiger partial charge in [0.2, 0.25) is 5.88 Å². The number of thiol groups is 2. The second kappa shape index (κ2) is 21.5. The molecule has 0 aliphatic carbocycles. The summed E-state index contributed by atoms with van der Waals surface area (Å²) in [6.07, 6.45) is -14.0. The molecule has 8 aromatic carbocycles. The van der Waals surface area contributed by atoms with Gasteiger partial charge in [-0.05, 0) is 99.8 Å². The van der Waals surface area contributed by atoms with E-state index in [9.17, 15) is 39.5 Å². The number of hydrogen-bond acceptors (Lipinski definition) is 10. The number of fused-ring (bicyclic) bond motifs is 7. The van der Waals surface area contributed by atoms with E-state index in [1.807, 2.05) is 48.5 Å². The summed E-state index contributed by atoms with van der Waals surface area (Å²) in [6, 6.07) is 45.2. The second-order valence-corrected chi connectivity index (χ2v) is 18.9. The van der Waals surface area contributed by atoms with E-state index < -0.39 is 46.8 Å². The van der Waals surface area contributed by atoms with Crippen molar-refractivity contribution in [2.24, 2.45) is 0 Å². The zero-order valence-corrected chi connectivity index (χ0v) is 43.8. The fourth-order valence-corrected chi connectivity index (χ4v) is 9.88. The van der Waals surface area contributed by atoms with Gasteiger partial charge >= 0.3 is 38.6 Å². The van der Waals surface area contributed by atoms with E-state index in [1.165, 1.54) is 22.1 Å². The van der Waals surface area contributed by atoms with Crippen LogP contribution in [0, 0.1) is 19.2 Å². The van der Waals surface area contributed by atoms with E-state index >= 15 is 0 Å². The molecule has 0 atom stereocenters. The molecule has 0 spiro atoms. The van der Waals surface area contributed by atoms with Gasteiger partial charge in [-0.1, -0.05) is 114 Å². The van der Waals surface area contributed by atoms with Gasteiger partial charge in [-0.15, -0.1) is 38.5 Å². The third-order valence-electron chi connectivity index (χ3n) is 11.9. The molecule has 0 radical (unpaired) electrons. The van der Waals surface area contributed by atoms with Crippen LogP contribution in [0.4, 0.5) is 39.5 Å². The first kappa shape index (κ1) is 54.3. The summed E-state index contributed by atoms with van der Waals surface area (Å²) < 4.78 is 129. The first-order valence-corrected chi connectivity index (χ1v) is 24.0. The van der Waals surface area contributed by atoms with Crippen LogP contribution in [-0.2, 0) is 38.6 Å². The van der Waals surface area contributed by atoms with Crippen molar-refractivity contribution in [2.75, 3.05) is 0 Å². The molecule has 20 heteroatoms. The maximum Gasteiger partial charge on any atom is 3.00 e. The van der Waals surface area contributed by atoms with Crippen LogP contribution in [-0.4, -0.2) is 30.6 Å². The normalized spacial score (nSPS) is 11.8. The third kappa shape index (κ3) is 11.3. The molecule has 0 saturated carbocycles. The molecule has 12 rings (SSSR count). The number of hydrogen-bond donors (Lipinski definition) is 2. The van der Waals surface area contributed by atoms with Crippen LogP contribution >= 0.6 is 36.6 Å². The summed E-state index contributed by atoms with van der Waals surface area (Å²) in [5.41, 5.74) is -6.35.